The molecule has 7 nitrogen and oxygen atoms in total. The van der Waals surface area contributed by atoms with E-state index in [1.165, 1.54) is 11.8 Å². The lowest BCUT2D eigenvalue weighted by atomic mass is 9.94. The van der Waals surface area contributed by atoms with Crippen LogP contribution in [0, 0.1) is 6.92 Å². The number of thioether (sulfide) groups is 1. The number of aryl methyl sites for hydroxylation is 1. The van der Waals surface area contributed by atoms with Crippen molar-refractivity contribution in [1.82, 2.24) is 14.8 Å². The molecule has 1 fully saturated rings. The van der Waals surface area contributed by atoms with Crippen LogP contribution in [0.15, 0.2) is 38.8 Å². The van der Waals surface area contributed by atoms with Gasteiger partial charge in [-0.2, -0.15) is 0 Å². The number of fused-ring (bicyclic) bond motifs is 2. The van der Waals surface area contributed by atoms with Gasteiger partial charge < -0.3 is 9.72 Å². The molecule has 0 unspecified atom stereocenters. The molecule has 2 atom stereocenters. The van der Waals surface area contributed by atoms with Crippen LogP contribution in [-0.4, -0.2) is 32.0 Å². The molecule has 162 valence electrons. The SMILES string of the molecule is CC1=Nc2c(c(=O)[nH]n2[C@@H]2CCOC(C)(C)C2)[C@H](c2cc3cccc(C)c3[nH]c2=O)S1. The number of benzene rings is 1. The molecule has 0 spiro atoms. The molecule has 0 bridgehead atoms. The third-order valence-electron chi connectivity index (χ3n) is 6.19. The summed E-state index contributed by atoms with van der Waals surface area (Å²) in [6, 6.07) is 7.94. The first-order valence-corrected chi connectivity index (χ1v) is 11.4. The van der Waals surface area contributed by atoms with Gasteiger partial charge in [-0.25, -0.2) is 4.99 Å². The zero-order valence-corrected chi connectivity index (χ0v) is 18.9. The third kappa shape index (κ3) is 3.47. The Hall–Kier alpha value is -2.58. The van der Waals surface area contributed by atoms with Crippen molar-refractivity contribution in [2.24, 2.45) is 4.99 Å². The van der Waals surface area contributed by atoms with Gasteiger partial charge in [0.15, 0.2) is 5.82 Å². The minimum Gasteiger partial charge on any atom is -0.375 e. The van der Waals surface area contributed by atoms with E-state index in [1.807, 2.05) is 42.8 Å². The van der Waals surface area contributed by atoms with Crippen molar-refractivity contribution in [3.05, 3.63) is 61.7 Å². The van der Waals surface area contributed by atoms with E-state index < -0.39 is 5.25 Å². The Morgan fingerprint density at radius 2 is 2.03 bits per heavy atom. The predicted octanol–water partition coefficient (Wildman–Crippen LogP) is 4.34. The van der Waals surface area contributed by atoms with Crippen LogP contribution in [0.4, 0.5) is 5.82 Å². The Bertz CT molecular complexity index is 1330. The van der Waals surface area contributed by atoms with Crippen molar-refractivity contribution >= 4 is 33.5 Å². The molecule has 1 aromatic carbocycles. The van der Waals surface area contributed by atoms with Gasteiger partial charge in [-0.1, -0.05) is 30.0 Å². The summed E-state index contributed by atoms with van der Waals surface area (Å²) in [4.78, 5) is 33.9. The zero-order valence-electron chi connectivity index (χ0n) is 18.1. The average Bonchev–Trinajstić information content (AvgIpc) is 3.03. The molecule has 2 aliphatic rings. The van der Waals surface area contributed by atoms with Crippen LogP contribution < -0.4 is 11.1 Å². The number of nitrogens with one attached hydrogen (secondary N) is 2. The van der Waals surface area contributed by atoms with Gasteiger partial charge in [0, 0.05) is 12.2 Å². The summed E-state index contributed by atoms with van der Waals surface area (Å²) >= 11 is 1.45. The smallest absolute Gasteiger partial charge is 0.271 e. The summed E-state index contributed by atoms with van der Waals surface area (Å²) < 4.78 is 7.76. The minimum absolute atomic E-state index is 0.0954. The highest BCUT2D eigenvalue weighted by molar-refractivity contribution is 8.14. The molecule has 2 aromatic heterocycles. The molecular formula is C23H26N4O3S. The van der Waals surface area contributed by atoms with Gasteiger partial charge in [-0.05, 0) is 57.6 Å². The number of aromatic nitrogens is 3. The molecule has 31 heavy (non-hydrogen) atoms. The summed E-state index contributed by atoms with van der Waals surface area (Å²) in [5.41, 5.74) is 2.37. The van der Waals surface area contributed by atoms with Crippen LogP contribution in [0.2, 0.25) is 0 Å². The van der Waals surface area contributed by atoms with Gasteiger partial charge in [-0.15, -0.1) is 0 Å². The van der Waals surface area contributed by atoms with E-state index in [0.717, 1.165) is 34.4 Å². The second-order valence-corrected chi connectivity index (χ2v) is 10.3. The van der Waals surface area contributed by atoms with E-state index in [9.17, 15) is 9.59 Å². The second-order valence-electron chi connectivity index (χ2n) is 9.02. The lowest BCUT2D eigenvalue weighted by Gasteiger charge is -2.36. The summed E-state index contributed by atoms with van der Waals surface area (Å²) in [7, 11) is 0. The Kier molecular flexibility index (Phi) is 4.75. The van der Waals surface area contributed by atoms with Crippen LogP contribution in [0.25, 0.3) is 10.9 Å². The molecule has 8 heteroatoms. The predicted molar refractivity (Wildman–Crippen MR) is 125 cm³/mol. The van der Waals surface area contributed by atoms with Gasteiger partial charge in [0.05, 0.1) is 33.0 Å². The van der Waals surface area contributed by atoms with Crippen molar-refractivity contribution < 1.29 is 4.74 Å². The molecule has 2 aliphatic heterocycles. The molecule has 0 saturated carbocycles. The molecule has 1 saturated heterocycles. The van der Waals surface area contributed by atoms with Crippen molar-refractivity contribution in [1.29, 1.82) is 0 Å². The van der Waals surface area contributed by atoms with Crippen LogP contribution in [0.5, 0.6) is 0 Å². The monoisotopic (exact) mass is 438 g/mol. The quantitative estimate of drug-likeness (QED) is 0.622. The van der Waals surface area contributed by atoms with E-state index >= 15 is 0 Å². The normalized spacial score (nSPS) is 22.9. The molecule has 3 aromatic rings. The first kappa shape index (κ1) is 20.3. The maximum atomic E-state index is 13.1. The topological polar surface area (TPSA) is 92.2 Å². The number of ether oxygens (including phenoxy) is 1. The highest BCUT2D eigenvalue weighted by atomic mass is 32.2. The lowest BCUT2D eigenvalue weighted by Crippen LogP contribution is -2.35. The van der Waals surface area contributed by atoms with Gasteiger partial charge in [0.2, 0.25) is 0 Å². The van der Waals surface area contributed by atoms with Crippen LogP contribution >= 0.6 is 11.8 Å². The number of pyridine rings is 1. The van der Waals surface area contributed by atoms with Crippen molar-refractivity contribution in [3.63, 3.8) is 0 Å². The first-order valence-electron chi connectivity index (χ1n) is 10.6. The zero-order chi connectivity index (χ0) is 21.9. The largest absolute Gasteiger partial charge is 0.375 e. The number of aliphatic imine (C=N–C) groups is 1. The second kappa shape index (κ2) is 7.24. The third-order valence-corrected chi connectivity index (χ3v) is 7.34. The number of para-hydroxylation sites is 1. The lowest BCUT2D eigenvalue weighted by molar-refractivity contribution is -0.0705. The molecule has 5 rings (SSSR count). The molecular weight excluding hydrogens is 412 g/mol. The number of H-pyrrole nitrogens is 2. The van der Waals surface area contributed by atoms with E-state index in [2.05, 4.69) is 23.9 Å². The Balaban J connectivity index is 1.65. The average molecular weight is 439 g/mol. The van der Waals surface area contributed by atoms with E-state index in [-0.39, 0.29) is 22.8 Å². The number of rotatable bonds is 2. The van der Waals surface area contributed by atoms with E-state index in [1.54, 1.807) is 0 Å². The van der Waals surface area contributed by atoms with Gasteiger partial charge >= 0.3 is 0 Å². The fourth-order valence-electron chi connectivity index (χ4n) is 4.71. The fraction of sp³-hybridized carbons (Fsp3) is 0.435. The standard InChI is InChI=1S/C23H26N4O3S/c1-12-6-5-7-14-10-16(21(28)25-18(12)14)19-17-20(24-13(2)31-19)27(26-22(17)29)15-8-9-30-23(3,4)11-15/h5-7,10,15,19H,8-9,11H2,1-4H3,(H,25,28)(H,26,29)/t15-,19+/m1/s1. The van der Waals surface area contributed by atoms with Crippen LogP contribution in [-0.2, 0) is 4.74 Å². The van der Waals surface area contributed by atoms with E-state index in [0.29, 0.717) is 23.6 Å². The fourth-order valence-corrected chi connectivity index (χ4v) is 5.82. The number of aromatic amines is 2. The van der Waals surface area contributed by atoms with Crippen molar-refractivity contribution in [3.8, 4) is 0 Å². The van der Waals surface area contributed by atoms with Gasteiger partial charge in [0.25, 0.3) is 11.1 Å². The van der Waals surface area contributed by atoms with Crippen molar-refractivity contribution in [2.45, 2.75) is 57.4 Å². The van der Waals surface area contributed by atoms with Crippen molar-refractivity contribution in [2.75, 3.05) is 6.61 Å². The van der Waals surface area contributed by atoms with Gasteiger partial charge in [0.1, 0.15) is 0 Å². The minimum atomic E-state index is -0.404. The maximum Gasteiger partial charge on any atom is 0.271 e. The summed E-state index contributed by atoms with van der Waals surface area (Å²) in [6.07, 6.45) is 1.59. The summed E-state index contributed by atoms with van der Waals surface area (Å²) in [5.74, 6) is 0.637. The molecule has 4 heterocycles. The number of nitrogens with zero attached hydrogens (tertiary/aromatic N) is 2. The molecule has 0 amide bonds. The highest BCUT2D eigenvalue weighted by Crippen LogP contribution is 2.45. The highest BCUT2D eigenvalue weighted by Gasteiger charge is 2.36. The molecule has 0 radical (unpaired) electrons. The summed E-state index contributed by atoms with van der Waals surface area (Å²) in [5, 5.41) is 4.41. The summed E-state index contributed by atoms with van der Waals surface area (Å²) in [6.45, 7) is 8.67. The van der Waals surface area contributed by atoms with Gasteiger partial charge in [-0.3, -0.25) is 19.4 Å². The Labute approximate surface area is 183 Å². The van der Waals surface area contributed by atoms with Crippen LogP contribution in [0.1, 0.15) is 61.6 Å². The number of hydrogen-bond acceptors (Lipinski definition) is 5. The molecule has 0 aliphatic carbocycles. The number of hydrogen-bond donors (Lipinski definition) is 2. The van der Waals surface area contributed by atoms with Crippen LogP contribution in [0.3, 0.4) is 0 Å². The Morgan fingerprint density at radius 3 is 2.81 bits per heavy atom. The molecule has 2 N–H and O–H groups in total. The maximum absolute atomic E-state index is 13.1. The Morgan fingerprint density at radius 1 is 1.23 bits per heavy atom. The first-order chi connectivity index (χ1) is 14.7. The van der Waals surface area contributed by atoms with E-state index in [4.69, 9.17) is 9.73 Å².